The predicted molar refractivity (Wildman–Crippen MR) is 92.6 cm³/mol. The highest BCUT2D eigenvalue weighted by molar-refractivity contribution is 5.92. The van der Waals surface area contributed by atoms with Crippen LogP contribution >= 0.6 is 0 Å². The number of carbonyl (C=O) groups excluding carboxylic acids is 1. The number of aliphatic hydroxyl groups is 1. The van der Waals surface area contributed by atoms with Gasteiger partial charge in [0.25, 0.3) is 0 Å². The number of anilines is 1. The summed E-state index contributed by atoms with van der Waals surface area (Å²) in [5.41, 5.74) is 3.19. The maximum Gasteiger partial charge on any atom is 0.223 e. The molecule has 1 aromatic rings. The third-order valence-electron chi connectivity index (χ3n) is 5.16. The van der Waals surface area contributed by atoms with Gasteiger partial charge in [-0.3, -0.25) is 4.79 Å². The Morgan fingerprint density at radius 1 is 1.35 bits per heavy atom. The molecule has 2 heterocycles. The summed E-state index contributed by atoms with van der Waals surface area (Å²) in [6.07, 6.45) is 4.06. The smallest absolute Gasteiger partial charge is 0.223 e. The highest BCUT2D eigenvalue weighted by atomic mass is 16.3. The molecule has 0 spiro atoms. The van der Waals surface area contributed by atoms with Crippen molar-refractivity contribution in [2.75, 3.05) is 31.1 Å². The first-order chi connectivity index (χ1) is 11.0. The van der Waals surface area contributed by atoms with Crippen LogP contribution in [-0.2, 0) is 11.2 Å². The number of likely N-dealkylation sites (tertiary alicyclic amines) is 1. The molecule has 2 aliphatic rings. The molecule has 23 heavy (non-hydrogen) atoms. The van der Waals surface area contributed by atoms with Gasteiger partial charge in [0, 0.05) is 32.2 Å². The molecular weight excluding hydrogens is 288 g/mol. The minimum atomic E-state index is -0.446. The fourth-order valence-electron chi connectivity index (χ4n) is 3.95. The van der Waals surface area contributed by atoms with E-state index in [0.29, 0.717) is 6.54 Å². The molecule has 4 nitrogen and oxygen atoms in total. The topological polar surface area (TPSA) is 43.8 Å². The summed E-state index contributed by atoms with van der Waals surface area (Å²) in [6.45, 7) is 7.59. The van der Waals surface area contributed by atoms with Crippen molar-refractivity contribution >= 4 is 11.6 Å². The second-order valence-corrected chi connectivity index (χ2v) is 7.19. The van der Waals surface area contributed by atoms with Crippen molar-refractivity contribution in [2.45, 2.75) is 45.6 Å². The Morgan fingerprint density at radius 3 is 2.91 bits per heavy atom. The highest BCUT2D eigenvalue weighted by Crippen LogP contribution is 2.30. The van der Waals surface area contributed by atoms with Crippen molar-refractivity contribution in [3.8, 4) is 0 Å². The molecule has 0 radical (unpaired) electrons. The fourth-order valence-corrected chi connectivity index (χ4v) is 3.95. The molecule has 0 aromatic heterocycles. The zero-order valence-electron chi connectivity index (χ0n) is 14.3. The number of amides is 1. The van der Waals surface area contributed by atoms with Gasteiger partial charge in [-0.2, -0.15) is 0 Å². The molecule has 4 heteroatoms. The molecule has 0 saturated carbocycles. The lowest BCUT2D eigenvalue weighted by atomic mass is 9.96. The average Bonchev–Trinajstić information content (AvgIpc) is 2.53. The van der Waals surface area contributed by atoms with E-state index >= 15 is 0 Å². The van der Waals surface area contributed by atoms with Crippen LogP contribution in [-0.4, -0.2) is 42.1 Å². The first-order valence-electron chi connectivity index (χ1n) is 8.86. The van der Waals surface area contributed by atoms with Gasteiger partial charge in [-0.15, -0.1) is 0 Å². The second-order valence-electron chi connectivity index (χ2n) is 7.19. The third-order valence-corrected chi connectivity index (χ3v) is 5.16. The van der Waals surface area contributed by atoms with Crippen molar-refractivity contribution < 1.29 is 9.90 Å². The van der Waals surface area contributed by atoms with E-state index in [1.54, 1.807) is 6.92 Å². The Bertz CT molecular complexity index is 572. The third kappa shape index (κ3) is 3.75. The molecule has 2 aliphatic heterocycles. The van der Waals surface area contributed by atoms with Gasteiger partial charge in [-0.25, -0.2) is 0 Å². The SMILES string of the molecule is CC(=O)N1CCCc2cc([C@@H](O)CN3CCC[C@H](C)C3)ccc21. The maximum absolute atomic E-state index is 11.7. The van der Waals surface area contributed by atoms with Crippen LogP contribution in [0.1, 0.15) is 50.3 Å². The summed E-state index contributed by atoms with van der Waals surface area (Å²) in [7, 11) is 0. The van der Waals surface area contributed by atoms with Gasteiger partial charge in [0.15, 0.2) is 0 Å². The number of fused-ring (bicyclic) bond motifs is 1. The standard InChI is InChI=1S/C19H28N2O2/c1-14-5-3-9-20(12-14)13-19(23)17-7-8-18-16(11-17)6-4-10-21(18)15(2)22/h7-8,11,14,19,23H,3-6,9-10,12-13H2,1-2H3/t14-,19-/m0/s1. The summed E-state index contributed by atoms with van der Waals surface area (Å²) < 4.78 is 0. The molecule has 3 rings (SSSR count). The summed E-state index contributed by atoms with van der Waals surface area (Å²) in [4.78, 5) is 16.0. The largest absolute Gasteiger partial charge is 0.387 e. The molecule has 1 amide bonds. The molecule has 0 unspecified atom stereocenters. The Hall–Kier alpha value is -1.39. The highest BCUT2D eigenvalue weighted by Gasteiger charge is 2.23. The molecule has 1 saturated heterocycles. The van der Waals surface area contributed by atoms with E-state index in [0.717, 1.165) is 49.6 Å². The predicted octanol–water partition coefficient (Wildman–Crippen LogP) is 2.75. The van der Waals surface area contributed by atoms with Crippen LogP contribution in [0.2, 0.25) is 0 Å². The summed E-state index contributed by atoms with van der Waals surface area (Å²) >= 11 is 0. The van der Waals surface area contributed by atoms with Crippen LogP contribution in [0.4, 0.5) is 5.69 Å². The molecule has 1 fully saturated rings. The minimum Gasteiger partial charge on any atom is -0.387 e. The zero-order valence-corrected chi connectivity index (χ0v) is 14.3. The lowest BCUT2D eigenvalue weighted by Gasteiger charge is -2.33. The van der Waals surface area contributed by atoms with E-state index < -0.39 is 6.10 Å². The van der Waals surface area contributed by atoms with Crippen molar-refractivity contribution in [1.82, 2.24) is 4.90 Å². The Balaban J connectivity index is 1.72. The summed E-state index contributed by atoms with van der Waals surface area (Å²) in [5, 5.41) is 10.6. The number of benzene rings is 1. The van der Waals surface area contributed by atoms with Crippen LogP contribution in [0.3, 0.4) is 0 Å². The lowest BCUT2D eigenvalue weighted by molar-refractivity contribution is -0.116. The average molecular weight is 316 g/mol. The van der Waals surface area contributed by atoms with Crippen LogP contribution in [0.5, 0.6) is 0 Å². The van der Waals surface area contributed by atoms with E-state index in [2.05, 4.69) is 17.9 Å². The summed E-state index contributed by atoms with van der Waals surface area (Å²) in [5.74, 6) is 0.824. The summed E-state index contributed by atoms with van der Waals surface area (Å²) in [6, 6.07) is 6.09. The molecule has 1 aromatic carbocycles. The first-order valence-corrected chi connectivity index (χ1v) is 8.86. The van der Waals surface area contributed by atoms with Gasteiger partial charge in [0.05, 0.1) is 6.10 Å². The van der Waals surface area contributed by atoms with E-state index in [-0.39, 0.29) is 5.91 Å². The molecule has 126 valence electrons. The normalized spacial score (nSPS) is 23.4. The Labute approximate surface area is 139 Å². The number of hydrogen-bond acceptors (Lipinski definition) is 3. The van der Waals surface area contributed by atoms with Crippen LogP contribution in [0.25, 0.3) is 0 Å². The molecule has 2 atom stereocenters. The van der Waals surface area contributed by atoms with E-state index in [1.807, 2.05) is 17.0 Å². The number of aryl methyl sites for hydroxylation is 1. The molecular formula is C19H28N2O2. The number of nitrogens with zero attached hydrogens (tertiary/aromatic N) is 2. The van der Waals surface area contributed by atoms with E-state index in [4.69, 9.17) is 0 Å². The van der Waals surface area contributed by atoms with Gasteiger partial charge in [-0.05, 0) is 55.3 Å². The number of rotatable bonds is 3. The number of hydrogen-bond donors (Lipinski definition) is 1. The van der Waals surface area contributed by atoms with E-state index in [1.165, 1.54) is 18.4 Å². The van der Waals surface area contributed by atoms with Crippen molar-refractivity contribution in [3.63, 3.8) is 0 Å². The number of piperidine rings is 1. The van der Waals surface area contributed by atoms with Gasteiger partial charge in [0.1, 0.15) is 0 Å². The van der Waals surface area contributed by atoms with Crippen molar-refractivity contribution in [2.24, 2.45) is 5.92 Å². The molecule has 0 aliphatic carbocycles. The molecule has 1 N–H and O–H groups in total. The Kier molecular flexibility index (Phi) is 5.02. The lowest BCUT2D eigenvalue weighted by Crippen LogP contribution is -2.37. The monoisotopic (exact) mass is 316 g/mol. The molecule has 0 bridgehead atoms. The van der Waals surface area contributed by atoms with Gasteiger partial charge >= 0.3 is 0 Å². The van der Waals surface area contributed by atoms with Gasteiger partial charge in [-0.1, -0.05) is 19.1 Å². The van der Waals surface area contributed by atoms with E-state index in [9.17, 15) is 9.90 Å². The number of aliphatic hydroxyl groups excluding tert-OH is 1. The van der Waals surface area contributed by atoms with Crippen molar-refractivity contribution in [1.29, 1.82) is 0 Å². The second kappa shape index (κ2) is 7.02. The number of carbonyl (C=O) groups is 1. The van der Waals surface area contributed by atoms with Crippen LogP contribution < -0.4 is 4.90 Å². The Morgan fingerprint density at radius 2 is 2.17 bits per heavy atom. The van der Waals surface area contributed by atoms with Gasteiger partial charge in [0.2, 0.25) is 5.91 Å². The minimum absolute atomic E-state index is 0.0987. The fraction of sp³-hybridized carbons (Fsp3) is 0.632. The number of β-amino-alcohol motifs (C(OH)–C–C–N with tert-alkyl or cyclic N) is 1. The van der Waals surface area contributed by atoms with Crippen LogP contribution in [0.15, 0.2) is 18.2 Å². The zero-order chi connectivity index (χ0) is 16.4. The quantitative estimate of drug-likeness (QED) is 0.932. The van der Waals surface area contributed by atoms with Crippen LogP contribution in [0, 0.1) is 5.92 Å². The maximum atomic E-state index is 11.7. The van der Waals surface area contributed by atoms with Crippen molar-refractivity contribution in [3.05, 3.63) is 29.3 Å². The first kappa shape index (κ1) is 16.5. The van der Waals surface area contributed by atoms with Gasteiger partial charge < -0.3 is 14.9 Å².